The van der Waals surface area contributed by atoms with E-state index in [1.807, 2.05) is 19.1 Å². The van der Waals surface area contributed by atoms with Crippen molar-refractivity contribution in [3.8, 4) is 11.4 Å². The number of rotatable bonds is 6. The fourth-order valence-electron chi connectivity index (χ4n) is 2.97. The lowest BCUT2D eigenvalue weighted by Crippen LogP contribution is -2.37. The molecule has 0 atom stereocenters. The molecule has 0 unspecified atom stereocenters. The van der Waals surface area contributed by atoms with Crippen LogP contribution in [0.4, 0.5) is 16.3 Å². The Morgan fingerprint density at radius 1 is 1.20 bits per heavy atom. The van der Waals surface area contributed by atoms with Crippen molar-refractivity contribution in [3.05, 3.63) is 36.0 Å². The molecule has 1 aromatic heterocycles. The van der Waals surface area contributed by atoms with Gasteiger partial charge in [-0.2, -0.15) is 0 Å². The number of urea groups is 1. The first-order chi connectivity index (χ1) is 14.2. The molecular formula is C20H27N5O4S. The molecule has 1 aromatic carbocycles. The zero-order chi connectivity index (χ0) is 21.7. The van der Waals surface area contributed by atoms with E-state index in [9.17, 15) is 13.2 Å². The van der Waals surface area contributed by atoms with Crippen LogP contribution in [-0.4, -0.2) is 75.5 Å². The average Bonchev–Trinajstić information content (AvgIpc) is 2.72. The molecule has 2 amide bonds. The molecule has 1 saturated heterocycles. The van der Waals surface area contributed by atoms with Crippen LogP contribution in [-0.2, 0) is 20.3 Å². The Morgan fingerprint density at radius 2 is 1.87 bits per heavy atom. The molecule has 30 heavy (non-hydrogen) atoms. The Labute approximate surface area is 177 Å². The van der Waals surface area contributed by atoms with E-state index in [0.717, 1.165) is 5.56 Å². The van der Waals surface area contributed by atoms with Crippen LogP contribution < -0.4 is 10.2 Å². The van der Waals surface area contributed by atoms with Crippen molar-refractivity contribution in [2.45, 2.75) is 12.7 Å². The maximum atomic E-state index is 12.0. The first-order valence-corrected chi connectivity index (χ1v) is 11.8. The van der Waals surface area contributed by atoms with Gasteiger partial charge < -0.3 is 19.9 Å². The lowest BCUT2D eigenvalue weighted by atomic mass is 10.2. The molecule has 1 aliphatic rings. The van der Waals surface area contributed by atoms with Crippen molar-refractivity contribution >= 4 is 27.4 Å². The van der Waals surface area contributed by atoms with Crippen molar-refractivity contribution in [2.24, 2.45) is 0 Å². The standard InChI is InChI=1S/C20H27N5O4S/c1-4-24(2)20(26)22-16-7-5-15(6-8-16)19-21-17(14-30(3,27)28)13-18(23-19)25-9-11-29-12-10-25/h5-8,13H,4,9-12,14H2,1-3H3,(H,22,26). The number of amides is 2. The highest BCUT2D eigenvalue weighted by Crippen LogP contribution is 2.23. The topological polar surface area (TPSA) is 105 Å². The third-order valence-corrected chi connectivity index (χ3v) is 5.55. The first kappa shape index (κ1) is 22.0. The second-order valence-corrected chi connectivity index (χ2v) is 9.37. The monoisotopic (exact) mass is 433 g/mol. The number of sulfone groups is 1. The molecule has 2 heterocycles. The highest BCUT2D eigenvalue weighted by Gasteiger charge is 2.17. The number of nitrogens with zero attached hydrogens (tertiary/aromatic N) is 4. The molecule has 9 nitrogen and oxygen atoms in total. The molecule has 1 fully saturated rings. The molecule has 1 aliphatic heterocycles. The van der Waals surface area contributed by atoms with Crippen LogP contribution in [0, 0.1) is 0 Å². The molecule has 0 spiro atoms. The fourth-order valence-corrected chi connectivity index (χ4v) is 3.66. The van der Waals surface area contributed by atoms with E-state index < -0.39 is 9.84 Å². The van der Waals surface area contributed by atoms with E-state index in [1.165, 1.54) is 6.26 Å². The Balaban J connectivity index is 1.89. The molecule has 0 radical (unpaired) electrons. The van der Waals surface area contributed by atoms with Gasteiger partial charge in [0.25, 0.3) is 0 Å². The predicted octanol–water partition coefficient (Wildman–Crippen LogP) is 2.01. The van der Waals surface area contributed by atoms with E-state index >= 15 is 0 Å². The third-order valence-electron chi connectivity index (χ3n) is 4.73. The molecule has 162 valence electrons. The highest BCUT2D eigenvalue weighted by molar-refractivity contribution is 7.89. The SMILES string of the molecule is CCN(C)C(=O)Nc1ccc(-c2nc(CS(C)(=O)=O)cc(N3CCOCC3)n2)cc1. The second-order valence-electron chi connectivity index (χ2n) is 7.23. The number of morpholine rings is 1. The van der Waals surface area contributed by atoms with Gasteiger partial charge in [0.15, 0.2) is 15.7 Å². The summed E-state index contributed by atoms with van der Waals surface area (Å²) >= 11 is 0. The van der Waals surface area contributed by atoms with Gasteiger partial charge in [-0.15, -0.1) is 0 Å². The number of carbonyl (C=O) groups is 1. The quantitative estimate of drug-likeness (QED) is 0.743. The van der Waals surface area contributed by atoms with Crippen LogP contribution in [0.1, 0.15) is 12.6 Å². The minimum absolute atomic E-state index is 0.155. The second kappa shape index (κ2) is 9.40. The van der Waals surface area contributed by atoms with E-state index in [0.29, 0.717) is 55.9 Å². The van der Waals surface area contributed by atoms with Crippen LogP contribution in [0.2, 0.25) is 0 Å². The summed E-state index contributed by atoms with van der Waals surface area (Å²) in [5.41, 5.74) is 1.84. The zero-order valence-electron chi connectivity index (χ0n) is 17.5. The number of nitrogens with one attached hydrogen (secondary N) is 1. The summed E-state index contributed by atoms with van der Waals surface area (Å²) in [6.07, 6.45) is 1.19. The Kier molecular flexibility index (Phi) is 6.88. The van der Waals surface area contributed by atoms with Crippen LogP contribution in [0.5, 0.6) is 0 Å². The van der Waals surface area contributed by atoms with E-state index in [1.54, 1.807) is 30.1 Å². The van der Waals surface area contributed by atoms with Crippen molar-refractivity contribution in [3.63, 3.8) is 0 Å². The summed E-state index contributed by atoms with van der Waals surface area (Å²) < 4.78 is 29.0. The van der Waals surface area contributed by atoms with Gasteiger partial charge in [-0.3, -0.25) is 0 Å². The normalized spacial score (nSPS) is 14.4. The number of benzene rings is 1. The van der Waals surface area contributed by atoms with E-state index in [-0.39, 0.29) is 11.8 Å². The van der Waals surface area contributed by atoms with E-state index in [4.69, 9.17) is 4.74 Å². The Hall–Kier alpha value is -2.72. The maximum Gasteiger partial charge on any atom is 0.321 e. The van der Waals surface area contributed by atoms with Gasteiger partial charge in [0, 0.05) is 50.3 Å². The van der Waals surface area contributed by atoms with Gasteiger partial charge >= 0.3 is 6.03 Å². The lowest BCUT2D eigenvalue weighted by Gasteiger charge is -2.28. The van der Waals surface area contributed by atoms with E-state index in [2.05, 4.69) is 20.2 Å². The highest BCUT2D eigenvalue weighted by atomic mass is 32.2. The Morgan fingerprint density at radius 3 is 2.47 bits per heavy atom. The molecule has 1 N–H and O–H groups in total. The zero-order valence-corrected chi connectivity index (χ0v) is 18.3. The molecule has 0 aliphatic carbocycles. The first-order valence-electron chi connectivity index (χ1n) is 9.76. The van der Waals surface area contributed by atoms with Crippen LogP contribution >= 0.6 is 0 Å². The molecule has 3 rings (SSSR count). The van der Waals surface area contributed by atoms with Crippen molar-refractivity contribution in [1.29, 1.82) is 0 Å². The average molecular weight is 434 g/mol. The number of carbonyl (C=O) groups excluding carboxylic acids is 1. The summed E-state index contributed by atoms with van der Waals surface area (Å²) in [6, 6.07) is 8.71. The minimum atomic E-state index is -3.24. The molecule has 0 saturated carbocycles. The lowest BCUT2D eigenvalue weighted by molar-refractivity contribution is 0.122. The number of ether oxygens (including phenoxy) is 1. The van der Waals surface area contributed by atoms with Gasteiger partial charge in [-0.05, 0) is 31.2 Å². The van der Waals surface area contributed by atoms with Gasteiger partial charge in [0.2, 0.25) is 0 Å². The summed E-state index contributed by atoms with van der Waals surface area (Å²) in [5, 5.41) is 2.82. The summed E-state index contributed by atoms with van der Waals surface area (Å²) in [4.78, 5) is 24.8. The number of hydrogen-bond acceptors (Lipinski definition) is 7. The third kappa shape index (κ3) is 5.90. The van der Waals surface area contributed by atoms with Gasteiger partial charge in [-0.1, -0.05) is 0 Å². The summed E-state index contributed by atoms with van der Waals surface area (Å²) in [7, 11) is -1.52. The summed E-state index contributed by atoms with van der Waals surface area (Å²) in [5.74, 6) is 0.974. The Bertz CT molecular complexity index is 989. The van der Waals surface area contributed by atoms with Crippen molar-refractivity contribution < 1.29 is 17.9 Å². The van der Waals surface area contributed by atoms with Gasteiger partial charge in [0.05, 0.1) is 24.7 Å². The fraction of sp³-hybridized carbons (Fsp3) is 0.450. The van der Waals surface area contributed by atoms with Crippen LogP contribution in [0.25, 0.3) is 11.4 Å². The minimum Gasteiger partial charge on any atom is -0.378 e. The number of hydrogen-bond donors (Lipinski definition) is 1. The van der Waals surface area contributed by atoms with Crippen LogP contribution in [0.15, 0.2) is 30.3 Å². The van der Waals surface area contributed by atoms with Crippen LogP contribution in [0.3, 0.4) is 0 Å². The van der Waals surface area contributed by atoms with Gasteiger partial charge in [0.1, 0.15) is 5.82 Å². The number of aromatic nitrogens is 2. The maximum absolute atomic E-state index is 12.0. The molecule has 2 aromatic rings. The van der Waals surface area contributed by atoms with Crippen molar-refractivity contribution in [1.82, 2.24) is 14.9 Å². The summed E-state index contributed by atoms with van der Waals surface area (Å²) in [6.45, 7) is 5.07. The van der Waals surface area contributed by atoms with Crippen molar-refractivity contribution in [2.75, 3.05) is 56.4 Å². The smallest absolute Gasteiger partial charge is 0.321 e. The molecular weight excluding hydrogens is 406 g/mol. The largest absolute Gasteiger partial charge is 0.378 e. The van der Waals surface area contributed by atoms with Gasteiger partial charge in [-0.25, -0.2) is 23.2 Å². The molecule has 10 heteroatoms. The number of anilines is 2. The predicted molar refractivity (Wildman–Crippen MR) is 116 cm³/mol. The molecule has 0 bridgehead atoms.